The molecule has 0 bridgehead atoms. The standard InChI is InChI=1S/C9H10N2O/c1-7-3-2-6-11-9(7)8(12)4-5-10/h2-3,6,8,12H,4H2,1H3. The average molecular weight is 162 g/mol. The van der Waals surface area contributed by atoms with Crippen LogP contribution in [0.3, 0.4) is 0 Å². The molecule has 1 atom stereocenters. The first-order valence-corrected chi connectivity index (χ1v) is 3.72. The van der Waals surface area contributed by atoms with Crippen LogP contribution in [0.2, 0.25) is 0 Å². The minimum Gasteiger partial charge on any atom is -0.386 e. The maximum absolute atomic E-state index is 9.42. The molecule has 0 aliphatic rings. The van der Waals surface area contributed by atoms with Crippen LogP contribution < -0.4 is 0 Å². The number of nitriles is 1. The number of aliphatic hydroxyl groups excluding tert-OH is 1. The molecule has 3 heteroatoms. The first-order chi connectivity index (χ1) is 5.75. The molecule has 1 aromatic rings. The molecule has 0 saturated heterocycles. The molecule has 0 aliphatic heterocycles. The van der Waals surface area contributed by atoms with E-state index in [1.807, 2.05) is 19.1 Å². The summed E-state index contributed by atoms with van der Waals surface area (Å²) < 4.78 is 0. The van der Waals surface area contributed by atoms with Crippen molar-refractivity contribution in [1.82, 2.24) is 4.98 Å². The predicted octanol–water partition coefficient (Wildman–Crippen LogP) is 1.34. The Hall–Kier alpha value is -1.40. The summed E-state index contributed by atoms with van der Waals surface area (Å²) in [6, 6.07) is 5.57. The normalized spacial score (nSPS) is 12.1. The number of rotatable bonds is 2. The minimum absolute atomic E-state index is 0.0951. The van der Waals surface area contributed by atoms with Gasteiger partial charge in [0.2, 0.25) is 0 Å². The molecule has 0 fully saturated rings. The van der Waals surface area contributed by atoms with Crippen LogP contribution in [0, 0.1) is 18.3 Å². The number of nitrogens with zero attached hydrogens (tertiary/aromatic N) is 2. The van der Waals surface area contributed by atoms with Crippen molar-refractivity contribution in [2.45, 2.75) is 19.4 Å². The van der Waals surface area contributed by atoms with E-state index in [4.69, 9.17) is 5.26 Å². The topological polar surface area (TPSA) is 56.9 Å². The van der Waals surface area contributed by atoms with E-state index in [1.165, 1.54) is 0 Å². The van der Waals surface area contributed by atoms with Crippen LogP contribution in [-0.2, 0) is 0 Å². The Morgan fingerprint density at radius 3 is 3.08 bits per heavy atom. The lowest BCUT2D eigenvalue weighted by atomic mass is 10.1. The molecular weight excluding hydrogens is 152 g/mol. The second kappa shape index (κ2) is 3.84. The van der Waals surface area contributed by atoms with Crippen LogP contribution in [0.4, 0.5) is 0 Å². The van der Waals surface area contributed by atoms with Crippen LogP contribution in [0.1, 0.15) is 23.8 Å². The molecule has 0 radical (unpaired) electrons. The number of aliphatic hydroxyl groups is 1. The lowest BCUT2D eigenvalue weighted by Gasteiger charge is -2.07. The van der Waals surface area contributed by atoms with Gasteiger partial charge in [0, 0.05) is 6.20 Å². The molecular formula is C9H10N2O. The second-order valence-electron chi connectivity index (χ2n) is 2.58. The SMILES string of the molecule is Cc1cccnc1C(O)CC#N. The van der Waals surface area contributed by atoms with E-state index in [0.29, 0.717) is 5.69 Å². The maximum Gasteiger partial charge on any atom is 0.109 e. The smallest absolute Gasteiger partial charge is 0.109 e. The van der Waals surface area contributed by atoms with Gasteiger partial charge in [-0.1, -0.05) is 6.07 Å². The van der Waals surface area contributed by atoms with Gasteiger partial charge in [-0.3, -0.25) is 4.98 Å². The van der Waals surface area contributed by atoms with E-state index in [0.717, 1.165) is 5.56 Å². The van der Waals surface area contributed by atoms with Gasteiger partial charge in [0.1, 0.15) is 6.10 Å². The van der Waals surface area contributed by atoms with Gasteiger partial charge in [-0.25, -0.2) is 0 Å². The highest BCUT2D eigenvalue weighted by Crippen LogP contribution is 2.16. The highest BCUT2D eigenvalue weighted by molar-refractivity contribution is 5.20. The zero-order valence-electron chi connectivity index (χ0n) is 6.86. The maximum atomic E-state index is 9.42. The number of aryl methyl sites for hydroxylation is 1. The molecule has 1 N–H and O–H groups in total. The Morgan fingerprint density at radius 2 is 2.50 bits per heavy atom. The fraction of sp³-hybridized carbons (Fsp3) is 0.333. The van der Waals surface area contributed by atoms with Crippen LogP contribution in [0.15, 0.2) is 18.3 Å². The minimum atomic E-state index is -0.754. The molecule has 62 valence electrons. The van der Waals surface area contributed by atoms with Crippen molar-refractivity contribution >= 4 is 0 Å². The van der Waals surface area contributed by atoms with Gasteiger partial charge in [0.05, 0.1) is 18.2 Å². The fourth-order valence-electron chi connectivity index (χ4n) is 1.03. The van der Waals surface area contributed by atoms with Gasteiger partial charge in [-0.15, -0.1) is 0 Å². The molecule has 0 aromatic carbocycles. The molecule has 0 amide bonds. The zero-order chi connectivity index (χ0) is 8.97. The Labute approximate surface area is 71.3 Å². The Bertz CT molecular complexity index is 304. The van der Waals surface area contributed by atoms with Crippen molar-refractivity contribution in [3.8, 4) is 6.07 Å². The Morgan fingerprint density at radius 1 is 1.75 bits per heavy atom. The molecule has 1 unspecified atom stereocenters. The summed E-state index contributed by atoms with van der Waals surface area (Å²) in [6.07, 6.45) is 0.956. The van der Waals surface area contributed by atoms with Crippen molar-refractivity contribution in [2.75, 3.05) is 0 Å². The number of pyridine rings is 1. The van der Waals surface area contributed by atoms with Crippen LogP contribution in [0.5, 0.6) is 0 Å². The van der Waals surface area contributed by atoms with Gasteiger partial charge < -0.3 is 5.11 Å². The molecule has 1 aromatic heterocycles. The number of hydrogen-bond donors (Lipinski definition) is 1. The first-order valence-electron chi connectivity index (χ1n) is 3.72. The summed E-state index contributed by atoms with van der Waals surface area (Å²) in [5, 5.41) is 17.8. The summed E-state index contributed by atoms with van der Waals surface area (Å²) in [4.78, 5) is 4.00. The van der Waals surface area contributed by atoms with Crippen molar-refractivity contribution < 1.29 is 5.11 Å². The molecule has 1 heterocycles. The summed E-state index contributed by atoms with van der Waals surface area (Å²) >= 11 is 0. The van der Waals surface area contributed by atoms with Crippen molar-refractivity contribution in [3.63, 3.8) is 0 Å². The van der Waals surface area contributed by atoms with E-state index in [2.05, 4.69) is 4.98 Å². The highest BCUT2D eigenvalue weighted by atomic mass is 16.3. The van der Waals surface area contributed by atoms with Gasteiger partial charge >= 0.3 is 0 Å². The zero-order valence-corrected chi connectivity index (χ0v) is 6.86. The monoisotopic (exact) mass is 162 g/mol. The Kier molecular flexibility index (Phi) is 2.78. The molecule has 0 spiro atoms. The second-order valence-corrected chi connectivity index (χ2v) is 2.58. The van der Waals surface area contributed by atoms with Crippen LogP contribution >= 0.6 is 0 Å². The molecule has 12 heavy (non-hydrogen) atoms. The predicted molar refractivity (Wildman–Crippen MR) is 44.2 cm³/mol. The third-order valence-corrected chi connectivity index (χ3v) is 1.65. The van der Waals surface area contributed by atoms with Crippen LogP contribution in [-0.4, -0.2) is 10.1 Å². The molecule has 0 aliphatic carbocycles. The third kappa shape index (κ3) is 1.80. The first kappa shape index (κ1) is 8.69. The van der Waals surface area contributed by atoms with Crippen LogP contribution in [0.25, 0.3) is 0 Å². The summed E-state index contributed by atoms with van der Waals surface area (Å²) in [6.45, 7) is 1.86. The van der Waals surface area contributed by atoms with E-state index in [9.17, 15) is 5.11 Å². The van der Waals surface area contributed by atoms with Crippen molar-refractivity contribution in [2.24, 2.45) is 0 Å². The summed E-state index contributed by atoms with van der Waals surface area (Å²) in [5.41, 5.74) is 1.51. The van der Waals surface area contributed by atoms with Gasteiger partial charge in [-0.05, 0) is 18.6 Å². The van der Waals surface area contributed by atoms with Gasteiger partial charge in [0.25, 0.3) is 0 Å². The summed E-state index contributed by atoms with van der Waals surface area (Å²) in [5.74, 6) is 0. The number of aromatic nitrogens is 1. The van der Waals surface area contributed by atoms with E-state index < -0.39 is 6.10 Å². The highest BCUT2D eigenvalue weighted by Gasteiger charge is 2.09. The van der Waals surface area contributed by atoms with E-state index in [-0.39, 0.29) is 6.42 Å². The van der Waals surface area contributed by atoms with E-state index >= 15 is 0 Å². The fourth-order valence-corrected chi connectivity index (χ4v) is 1.03. The largest absolute Gasteiger partial charge is 0.386 e. The Balaban J connectivity index is 2.88. The lowest BCUT2D eigenvalue weighted by molar-refractivity contribution is 0.178. The third-order valence-electron chi connectivity index (χ3n) is 1.65. The quantitative estimate of drug-likeness (QED) is 0.713. The number of hydrogen-bond acceptors (Lipinski definition) is 3. The molecule has 3 nitrogen and oxygen atoms in total. The molecule has 1 rings (SSSR count). The van der Waals surface area contributed by atoms with Crippen molar-refractivity contribution in [3.05, 3.63) is 29.6 Å². The molecule has 0 saturated carbocycles. The van der Waals surface area contributed by atoms with Gasteiger partial charge in [0.15, 0.2) is 0 Å². The van der Waals surface area contributed by atoms with Crippen molar-refractivity contribution in [1.29, 1.82) is 5.26 Å². The summed E-state index contributed by atoms with van der Waals surface area (Å²) in [7, 11) is 0. The lowest BCUT2D eigenvalue weighted by Crippen LogP contribution is -2.01. The average Bonchev–Trinajstić information content (AvgIpc) is 2.05. The van der Waals surface area contributed by atoms with Gasteiger partial charge in [-0.2, -0.15) is 5.26 Å². The van der Waals surface area contributed by atoms with E-state index in [1.54, 1.807) is 12.3 Å².